The molecular weight excluding hydrogens is 275 g/mol. The molecule has 0 aromatic rings. The Morgan fingerprint density at radius 1 is 0.900 bits per heavy atom. The zero-order valence-electron chi connectivity index (χ0n) is 3.99. The molecule has 0 aromatic carbocycles. The van der Waals surface area contributed by atoms with E-state index in [4.69, 9.17) is 0 Å². The summed E-state index contributed by atoms with van der Waals surface area (Å²) in [7, 11) is 0. The quantitative estimate of drug-likeness (QED) is 0.494. The predicted octanol–water partition coefficient (Wildman–Crippen LogP) is -2.93. The van der Waals surface area contributed by atoms with E-state index in [0.29, 0.717) is 0 Å². The van der Waals surface area contributed by atoms with Crippen LogP contribution in [0.1, 0.15) is 0 Å². The van der Waals surface area contributed by atoms with Gasteiger partial charge in [0.15, 0.2) is 0 Å². The summed E-state index contributed by atoms with van der Waals surface area (Å²) in [5.74, 6) is 0. The van der Waals surface area contributed by atoms with Gasteiger partial charge in [-0.25, -0.2) is 0 Å². The van der Waals surface area contributed by atoms with Gasteiger partial charge in [0.1, 0.15) is 0 Å². The Hall–Kier alpha value is 0.638. The van der Waals surface area contributed by atoms with E-state index in [2.05, 4.69) is 2.84 Å². The maximum absolute atomic E-state index is 9.38. The minimum absolute atomic E-state index is 0. The van der Waals surface area contributed by atoms with E-state index in [0.717, 1.165) is 0 Å². The van der Waals surface area contributed by atoms with Gasteiger partial charge < -0.3 is 0 Å². The van der Waals surface area contributed by atoms with Crippen LogP contribution in [0, 0.1) is 0 Å². The standard InChI is InChI=1S/2Cr.Ni.7O/q;;+2;;;;;;2*-1. The zero-order valence-corrected chi connectivity index (χ0v) is 7.53. The molecule has 0 fully saturated rings. The molecule has 0 bridgehead atoms. The molecule has 0 amide bonds. The van der Waals surface area contributed by atoms with E-state index < -0.39 is 27.2 Å². The van der Waals surface area contributed by atoms with Gasteiger partial charge in [-0.2, -0.15) is 0 Å². The fourth-order valence-electron chi connectivity index (χ4n) is 0.102. The van der Waals surface area contributed by atoms with Crippen molar-refractivity contribution in [3.05, 3.63) is 0 Å². The Morgan fingerprint density at radius 2 is 1.10 bits per heavy atom. The van der Waals surface area contributed by atoms with Crippen molar-refractivity contribution in [2.45, 2.75) is 0 Å². The average Bonchev–Trinajstić information content (AvgIpc) is 1.14. The summed E-state index contributed by atoms with van der Waals surface area (Å²) in [6, 6.07) is 0. The first-order valence-corrected chi connectivity index (χ1v) is 5.50. The maximum atomic E-state index is 9.38. The number of rotatable bonds is 2. The zero-order chi connectivity index (χ0) is 7.71. The molecule has 0 aliphatic carbocycles. The Morgan fingerprint density at radius 3 is 1.10 bits per heavy atom. The summed E-state index contributed by atoms with van der Waals surface area (Å²) >= 11 is -12.1. The molecule has 0 N–H and O–H groups in total. The van der Waals surface area contributed by atoms with Crippen LogP contribution in [0.15, 0.2) is 0 Å². The molecule has 0 heterocycles. The summed E-state index contributed by atoms with van der Waals surface area (Å²) in [4.78, 5) is 0. The van der Waals surface area contributed by atoms with Crippen molar-refractivity contribution >= 4 is 0 Å². The van der Waals surface area contributed by atoms with Gasteiger partial charge in [0.2, 0.25) is 0 Å². The van der Waals surface area contributed by atoms with Crippen molar-refractivity contribution < 1.29 is 70.1 Å². The molecule has 0 aliphatic heterocycles. The fraction of sp³-hybridized carbons (Fsp3) is 0. The van der Waals surface area contributed by atoms with E-state index in [1.54, 1.807) is 0 Å². The third-order valence-electron chi connectivity index (χ3n) is 0.167. The Bertz CT molecular complexity index is 237. The first kappa shape index (κ1) is 13.2. The molecule has 0 aliphatic rings. The normalized spacial score (nSPS) is 12.2. The van der Waals surface area contributed by atoms with Crippen LogP contribution in [0.5, 0.6) is 0 Å². The minimum atomic E-state index is -6.07. The van der Waals surface area contributed by atoms with Crippen molar-refractivity contribution in [2.24, 2.45) is 0 Å². The van der Waals surface area contributed by atoms with Crippen molar-refractivity contribution in [3.63, 3.8) is 0 Å². The van der Waals surface area contributed by atoms with Crippen LogP contribution < -0.4 is 8.32 Å². The average molecular weight is 275 g/mol. The number of hydrogen-bond acceptors (Lipinski definition) is 7. The first-order chi connectivity index (χ1) is 3.71. The van der Waals surface area contributed by atoms with Crippen LogP contribution in [0.3, 0.4) is 0 Å². The molecular formula is Cr2NiO7. The van der Waals surface area contributed by atoms with E-state index in [9.17, 15) is 23.5 Å². The molecule has 0 saturated carbocycles. The van der Waals surface area contributed by atoms with Crippen molar-refractivity contribution in [3.8, 4) is 0 Å². The van der Waals surface area contributed by atoms with Gasteiger partial charge in [-0.3, -0.25) is 0 Å². The topological polar surface area (TPSA) is 124 Å². The SMILES string of the molecule is [Ni+2].[O]=[Cr](=[O])([O-])[O][Cr](=[O])(=[O])[O-]. The predicted molar refractivity (Wildman–Crippen MR) is 3.83 cm³/mol. The Labute approximate surface area is 70.1 Å². The van der Waals surface area contributed by atoms with Gasteiger partial charge in [0.05, 0.1) is 0 Å². The molecule has 10 heteroatoms. The summed E-state index contributed by atoms with van der Waals surface area (Å²) < 4.78 is 58.9. The molecule has 7 nitrogen and oxygen atoms in total. The summed E-state index contributed by atoms with van der Waals surface area (Å²) in [6.07, 6.45) is 0. The molecule has 0 radical (unpaired) electrons. The van der Waals surface area contributed by atoms with Gasteiger partial charge in [0, 0.05) is 0 Å². The van der Waals surface area contributed by atoms with E-state index >= 15 is 0 Å². The van der Waals surface area contributed by atoms with E-state index in [1.165, 1.54) is 0 Å². The van der Waals surface area contributed by atoms with Gasteiger partial charge in [0.25, 0.3) is 0 Å². The second kappa shape index (κ2) is 3.87. The fourth-order valence-corrected chi connectivity index (χ4v) is 1.74. The van der Waals surface area contributed by atoms with Gasteiger partial charge in [-0.05, 0) is 0 Å². The van der Waals surface area contributed by atoms with Crippen LogP contribution >= 0.6 is 0 Å². The molecule has 0 saturated heterocycles. The van der Waals surface area contributed by atoms with Crippen LogP contribution in [-0.4, -0.2) is 0 Å². The van der Waals surface area contributed by atoms with Gasteiger partial charge in [-0.1, -0.05) is 0 Å². The number of hydrogen-bond donors (Lipinski definition) is 0. The third-order valence-corrected chi connectivity index (χ3v) is 2.83. The Kier molecular flexibility index (Phi) is 5.12. The van der Waals surface area contributed by atoms with Crippen LogP contribution in [0.25, 0.3) is 0 Å². The van der Waals surface area contributed by atoms with Crippen LogP contribution in [0.4, 0.5) is 0 Å². The van der Waals surface area contributed by atoms with Crippen molar-refractivity contribution in [1.29, 1.82) is 0 Å². The third kappa shape index (κ3) is 11.4. The second-order valence-electron chi connectivity index (χ2n) is 0.885. The van der Waals surface area contributed by atoms with Gasteiger partial charge in [-0.15, -0.1) is 0 Å². The second-order valence-corrected chi connectivity index (χ2v) is 4.52. The molecule has 0 aromatic heterocycles. The molecule has 64 valence electrons. The van der Waals surface area contributed by atoms with Crippen LogP contribution in [0.2, 0.25) is 0 Å². The summed E-state index contributed by atoms with van der Waals surface area (Å²) in [5, 5.41) is 0. The Balaban J connectivity index is 0. The molecule has 0 atom stereocenters. The molecule has 0 rings (SSSR count). The van der Waals surface area contributed by atoms with Crippen molar-refractivity contribution in [1.82, 2.24) is 0 Å². The monoisotopic (exact) mass is 274 g/mol. The summed E-state index contributed by atoms with van der Waals surface area (Å²) in [5.41, 5.74) is 0. The van der Waals surface area contributed by atoms with E-state index in [1.807, 2.05) is 0 Å². The molecule has 0 unspecified atom stereocenters. The molecule has 10 heavy (non-hydrogen) atoms. The van der Waals surface area contributed by atoms with Crippen molar-refractivity contribution in [2.75, 3.05) is 0 Å². The molecule has 0 spiro atoms. The van der Waals surface area contributed by atoms with Gasteiger partial charge >= 0.3 is 70.1 Å². The van der Waals surface area contributed by atoms with Crippen LogP contribution in [-0.2, 0) is 61.8 Å². The first-order valence-electron chi connectivity index (χ1n) is 1.33. The summed E-state index contributed by atoms with van der Waals surface area (Å²) in [6.45, 7) is 0. The van der Waals surface area contributed by atoms with E-state index in [-0.39, 0.29) is 16.5 Å².